The van der Waals surface area contributed by atoms with E-state index in [-0.39, 0.29) is 43.8 Å². The van der Waals surface area contributed by atoms with Crippen LogP contribution in [0.15, 0.2) is 48.5 Å². The van der Waals surface area contributed by atoms with Crippen LogP contribution in [0.3, 0.4) is 0 Å². The molecule has 0 aliphatic heterocycles. The Bertz CT molecular complexity index is 1190. The number of carbonyl (C=O) groups excluding carboxylic acids is 2. The number of sulfonamides is 1. The molecule has 1 saturated carbocycles. The average molecular weight is 569 g/mol. The molecule has 1 fully saturated rings. The molecule has 1 unspecified atom stereocenters. The minimum atomic E-state index is -3.58. The first-order chi connectivity index (χ1) is 17.5. The maximum absolute atomic E-state index is 13.4. The molecule has 2 amide bonds. The highest BCUT2D eigenvalue weighted by Crippen LogP contribution is 2.23. The fourth-order valence-electron chi connectivity index (χ4n) is 4.62. The first-order valence-electron chi connectivity index (χ1n) is 12.6. The highest BCUT2D eigenvalue weighted by molar-refractivity contribution is 7.92. The number of nitrogens with one attached hydrogen (secondary N) is 1. The van der Waals surface area contributed by atoms with E-state index < -0.39 is 16.1 Å². The van der Waals surface area contributed by atoms with E-state index in [9.17, 15) is 18.0 Å². The zero-order chi connectivity index (χ0) is 27.0. The maximum Gasteiger partial charge on any atom is 0.242 e. The molecule has 37 heavy (non-hydrogen) atoms. The van der Waals surface area contributed by atoms with E-state index in [4.69, 9.17) is 23.2 Å². The summed E-state index contributed by atoms with van der Waals surface area (Å²) < 4.78 is 26.1. The van der Waals surface area contributed by atoms with Crippen LogP contribution in [0.2, 0.25) is 10.0 Å². The van der Waals surface area contributed by atoms with Crippen molar-refractivity contribution in [1.82, 2.24) is 10.2 Å². The van der Waals surface area contributed by atoms with Crippen LogP contribution in [0, 0.1) is 0 Å². The molecule has 0 bridgehead atoms. The van der Waals surface area contributed by atoms with Crippen LogP contribution in [0.25, 0.3) is 0 Å². The summed E-state index contributed by atoms with van der Waals surface area (Å²) in [6.07, 6.45) is 6.74. The quantitative estimate of drug-likeness (QED) is 0.393. The van der Waals surface area contributed by atoms with Crippen molar-refractivity contribution in [3.63, 3.8) is 0 Å². The van der Waals surface area contributed by atoms with Gasteiger partial charge in [-0.25, -0.2) is 8.42 Å². The zero-order valence-electron chi connectivity index (χ0n) is 21.3. The van der Waals surface area contributed by atoms with E-state index in [1.165, 1.54) is 10.7 Å². The van der Waals surface area contributed by atoms with Crippen LogP contribution in [0.4, 0.5) is 5.69 Å². The number of hydrogen-bond acceptors (Lipinski definition) is 4. The standard InChI is InChI=1S/C27H35Cl2N3O4S/c1-20(27(34)30-24-12-4-3-5-13-24)31(19-21-9-6-10-22(28)17-21)26(33)15-8-16-32(37(2,35)36)25-14-7-11-23(29)18-25/h6-7,9-11,14,17-18,20,24H,3-5,8,12-13,15-16,19H2,1-2H3,(H,30,34). The van der Waals surface area contributed by atoms with Crippen LogP contribution in [-0.2, 0) is 26.2 Å². The Kier molecular flexibility index (Phi) is 10.7. The predicted octanol–water partition coefficient (Wildman–Crippen LogP) is 5.41. The van der Waals surface area contributed by atoms with Crippen molar-refractivity contribution in [3.05, 3.63) is 64.1 Å². The Morgan fingerprint density at radius 2 is 1.68 bits per heavy atom. The Morgan fingerprint density at radius 3 is 2.30 bits per heavy atom. The molecule has 2 aromatic rings. The summed E-state index contributed by atoms with van der Waals surface area (Å²) in [6, 6.07) is 13.2. The predicted molar refractivity (Wildman–Crippen MR) is 149 cm³/mol. The lowest BCUT2D eigenvalue weighted by atomic mass is 9.95. The number of anilines is 1. The second-order valence-electron chi connectivity index (χ2n) is 9.59. The number of carbonyl (C=O) groups is 2. The number of halogens is 2. The minimum absolute atomic E-state index is 0.0776. The molecule has 3 rings (SSSR count). The molecule has 2 aromatic carbocycles. The van der Waals surface area contributed by atoms with Crippen molar-refractivity contribution in [2.45, 2.75) is 70.5 Å². The van der Waals surface area contributed by atoms with Crippen LogP contribution >= 0.6 is 23.2 Å². The van der Waals surface area contributed by atoms with Gasteiger partial charge in [0.15, 0.2) is 0 Å². The van der Waals surface area contributed by atoms with E-state index in [2.05, 4.69) is 5.32 Å². The van der Waals surface area contributed by atoms with Crippen molar-refractivity contribution >= 4 is 50.7 Å². The van der Waals surface area contributed by atoms with Crippen LogP contribution < -0.4 is 9.62 Å². The summed E-state index contributed by atoms with van der Waals surface area (Å²) in [7, 11) is -3.58. The van der Waals surface area contributed by atoms with Gasteiger partial charge in [-0.15, -0.1) is 0 Å². The highest BCUT2D eigenvalue weighted by Gasteiger charge is 2.28. The average Bonchev–Trinajstić information content (AvgIpc) is 2.84. The lowest BCUT2D eigenvalue weighted by Gasteiger charge is -2.31. The molecule has 1 aliphatic rings. The van der Waals surface area contributed by atoms with Crippen LogP contribution in [0.1, 0.15) is 57.4 Å². The summed E-state index contributed by atoms with van der Waals surface area (Å²) >= 11 is 12.2. The van der Waals surface area contributed by atoms with Gasteiger partial charge in [0, 0.05) is 35.6 Å². The lowest BCUT2D eigenvalue weighted by Crippen LogP contribution is -2.50. The van der Waals surface area contributed by atoms with E-state index >= 15 is 0 Å². The molecule has 1 aliphatic carbocycles. The summed E-state index contributed by atoms with van der Waals surface area (Å²) in [5.74, 6) is -0.412. The fourth-order valence-corrected chi connectivity index (χ4v) is 5.97. The molecule has 0 spiro atoms. The van der Waals surface area contributed by atoms with Crippen LogP contribution in [0.5, 0.6) is 0 Å². The van der Waals surface area contributed by atoms with Gasteiger partial charge >= 0.3 is 0 Å². The van der Waals surface area contributed by atoms with Gasteiger partial charge in [0.05, 0.1) is 11.9 Å². The van der Waals surface area contributed by atoms with Crippen molar-refractivity contribution in [2.24, 2.45) is 0 Å². The molecule has 0 heterocycles. The second kappa shape index (κ2) is 13.5. The van der Waals surface area contributed by atoms with E-state index in [0.717, 1.165) is 37.5 Å². The van der Waals surface area contributed by atoms with Crippen molar-refractivity contribution in [1.29, 1.82) is 0 Å². The van der Waals surface area contributed by atoms with E-state index in [0.29, 0.717) is 15.7 Å². The molecular formula is C27H35Cl2N3O4S. The summed E-state index contributed by atoms with van der Waals surface area (Å²) in [5.41, 5.74) is 1.26. The maximum atomic E-state index is 13.4. The molecule has 202 valence electrons. The summed E-state index contributed by atoms with van der Waals surface area (Å²) in [4.78, 5) is 28.1. The highest BCUT2D eigenvalue weighted by atomic mass is 35.5. The third kappa shape index (κ3) is 8.90. The first-order valence-corrected chi connectivity index (χ1v) is 15.2. The third-order valence-corrected chi connectivity index (χ3v) is 8.27. The van der Waals surface area contributed by atoms with Crippen LogP contribution in [-0.4, -0.2) is 50.0 Å². The first kappa shape index (κ1) is 29.3. The van der Waals surface area contributed by atoms with E-state index in [1.807, 2.05) is 12.1 Å². The zero-order valence-corrected chi connectivity index (χ0v) is 23.7. The molecule has 0 saturated heterocycles. The fraction of sp³-hybridized carbons (Fsp3) is 0.481. The number of rotatable bonds is 11. The van der Waals surface area contributed by atoms with E-state index in [1.54, 1.807) is 48.2 Å². The largest absolute Gasteiger partial charge is 0.352 e. The Hall–Kier alpha value is -2.29. The third-order valence-electron chi connectivity index (χ3n) is 6.61. The molecule has 0 aromatic heterocycles. The number of amides is 2. The molecule has 0 radical (unpaired) electrons. The number of nitrogens with zero attached hydrogens (tertiary/aromatic N) is 2. The van der Waals surface area contributed by atoms with Crippen molar-refractivity contribution in [3.8, 4) is 0 Å². The molecule has 1 atom stereocenters. The minimum Gasteiger partial charge on any atom is -0.352 e. The van der Waals surface area contributed by atoms with Crippen molar-refractivity contribution in [2.75, 3.05) is 17.1 Å². The molecule has 7 nitrogen and oxygen atoms in total. The Balaban J connectivity index is 1.71. The van der Waals surface area contributed by atoms with Gasteiger partial charge in [-0.3, -0.25) is 13.9 Å². The SMILES string of the molecule is CC(C(=O)NC1CCCCC1)N(Cc1cccc(Cl)c1)C(=O)CCCN(c1cccc(Cl)c1)S(C)(=O)=O. The van der Waals surface area contributed by atoms with Crippen molar-refractivity contribution < 1.29 is 18.0 Å². The topological polar surface area (TPSA) is 86.8 Å². The Morgan fingerprint density at radius 1 is 1.03 bits per heavy atom. The van der Waals surface area contributed by atoms with Gasteiger partial charge in [-0.05, 0) is 62.1 Å². The smallest absolute Gasteiger partial charge is 0.242 e. The summed E-state index contributed by atoms with van der Waals surface area (Å²) in [5, 5.41) is 4.09. The van der Waals surface area contributed by atoms with Gasteiger partial charge in [0.1, 0.15) is 6.04 Å². The second-order valence-corrected chi connectivity index (χ2v) is 12.4. The molecular weight excluding hydrogens is 533 g/mol. The van der Waals surface area contributed by atoms with Gasteiger partial charge in [-0.2, -0.15) is 0 Å². The molecule has 1 N–H and O–H groups in total. The molecule has 10 heteroatoms. The normalized spacial score (nSPS) is 15.1. The van der Waals surface area contributed by atoms with Gasteiger partial charge < -0.3 is 10.2 Å². The van der Waals surface area contributed by atoms with Gasteiger partial charge in [0.25, 0.3) is 0 Å². The van der Waals surface area contributed by atoms with Gasteiger partial charge in [-0.1, -0.05) is 60.7 Å². The van der Waals surface area contributed by atoms with Gasteiger partial charge in [0.2, 0.25) is 21.8 Å². The monoisotopic (exact) mass is 567 g/mol. The number of benzene rings is 2. The number of hydrogen-bond donors (Lipinski definition) is 1. The Labute approximate surface area is 230 Å². The summed E-state index contributed by atoms with van der Waals surface area (Å²) in [6.45, 7) is 2.07. The lowest BCUT2D eigenvalue weighted by molar-refractivity contribution is -0.141.